The highest BCUT2D eigenvalue weighted by atomic mass is 79.9. The van der Waals surface area contributed by atoms with E-state index in [4.69, 9.17) is 9.47 Å². The second-order valence-corrected chi connectivity index (χ2v) is 8.48. The minimum absolute atomic E-state index is 0.207. The molecule has 1 atom stereocenters. The molecule has 4 nitrogen and oxygen atoms in total. The van der Waals surface area contributed by atoms with Gasteiger partial charge in [0.15, 0.2) is 21.3 Å². The normalized spacial score (nSPS) is 13.9. The van der Waals surface area contributed by atoms with Crippen molar-refractivity contribution in [2.45, 2.75) is 23.4 Å². The summed E-state index contributed by atoms with van der Waals surface area (Å²) < 4.78 is 46.8. The first-order chi connectivity index (χ1) is 9.06. The number of halogens is 2. The lowest BCUT2D eigenvalue weighted by atomic mass is 10.0. The van der Waals surface area contributed by atoms with E-state index in [-0.39, 0.29) is 11.3 Å². The van der Waals surface area contributed by atoms with Gasteiger partial charge in [-0.3, -0.25) is 0 Å². The van der Waals surface area contributed by atoms with Gasteiger partial charge in [0.05, 0.1) is 23.8 Å². The molecule has 0 aliphatic rings. The number of hydrogen-bond donors (Lipinski definition) is 0. The monoisotopic (exact) mass is 368 g/mol. The summed E-state index contributed by atoms with van der Waals surface area (Å²) >= 11 is 3.29. The minimum atomic E-state index is -3.39. The molecule has 0 aromatic heterocycles. The van der Waals surface area contributed by atoms with E-state index in [1.54, 1.807) is 0 Å². The van der Waals surface area contributed by atoms with Gasteiger partial charge in [0.25, 0.3) is 0 Å². The Hall–Kier alpha value is -0.820. The summed E-state index contributed by atoms with van der Waals surface area (Å²) in [6.07, 6.45) is 1.12. The molecular formula is C13H18BrFO4S. The van der Waals surface area contributed by atoms with Crippen molar-refractivity contribution in [3.8, 4) is 11.5 Å². The maximum atomic E-state index is 14.2. The predicted molar refractivity (Wildman–Crippen MR) is 80.1 cm³/mol. The molecule has 1 aromatic carbocycles. The molecule has 114 valence electrons. The SMILES string of the molecule is COc1cc(F)c(C(Br)C(C)(C)S(C)(=O)=O)cc1OC. The molecule has 1 unspecified atom stereocenters. The van der Waals surface area contributed by atoms with E-state index in [1.807, 2.05) is 0 Å². The molecule has 20 heavy (non-hydrogen) atoms. The van der Waals surface area contributed by atoms with Gasteiger partial charge in [-0.15, -0.1) is 0 Å². The Morgan fingerprint density at radius 2 is 1.65 bits per heavy atom. The quantitative estimate of drug-likeness (QED) is 0.749. The lowest BCUT2D eigenvalue weighted by Crippen LogP contribution is -2.35. The van der Waals surface area contributed by atoms with Crippen LogP contribution in [0.2, 0.25) is 0 Å². The van der Waals surface area contributed by atoms with Gasteiger partial charge in [-0.05, 0) is 19.9 Å². The van der Waals surface area contributed by atoms with Gasteiger partial charge < -0.3 is 9.47 Å². The maximum Gasteiger partial charge on any atom is 0.163 e. The summed E-state index contributed by atoms with van der Waals surface area (Å²) in [4.78, 5) is -0.718. The van der Waals surface area contributed by atoms with Crippen molar-refractivity contribution in [2.24, 2.45) is 0 Å². The smallest absolute Gasteiger partial charge is 0.163 e. The number of rotatable bonds is 5. The van der Waals surface area contributed by atoms with Crippen LogP contribution in [0.25, 0.3) is 0 Å². The van der Waals surface area contributed by atoms with Gasteiger partial charge in [-0.25, -0.2) is 12.8 Å². The lowest BCUT2D eigenvalue weighted by Gasteiger charge is -2.29. The molecule has 0 aliphatic heterocycles. The molecule has 0 N–H and O–H groups in total. The standard InChI is InChI=1S/C13H18BrFO4S/c1-13(2,20(5,16)17)12(14)8-6-10(18-3)11(19-4)7-9(8)15/h6-7,12H,1-5H3. The zero-order chi connectivity index (χ0) is 15.7. The van der Waals surface area contributed by atoms with E-state index >= 15 is 0 Å². The molecule has 1 aromatic rings. The molecule has 7 heteroatoms. The minimum Gasteiger partial charge on any atom is -0.493 e. The molecule has 1 rings (SSSR count). The first-order valence-electron chi connectivity index (χ1n) is 5.81. The lowest BCUT2D eigenvalue weighted by molar-refractivity contribution is 0.351. The van der Waals surface area contributed by atoms with Crippen molar-refractivity contribution in [3.05, 3.63) is 23.5 Å². The molecular weight excluding hydrogens is 351 g/mol. The van der Waals surface area contributed by atoms with Crippen LogP contribution in [-0.2, 0) is 9.84 Å². The van der Waals surface area contributed by atoms with Crippen LogP contribution in [0.1, 0.15) is 24.2 Å². The Morgan fingerprint density at radius 1 is 1.20 bits per heavy atom. The van der Waals surface area contributed by atoms with Crippen LogP contribution in [0, 0.1) is 5.82 Å². The maximum absolute atomic E-state index is 14.2. The molecule has 0 radical (unpaired) electrons. The van der Waals surface area contributed by atoms with E-state index in [0.29, 0.717) is 5.75 Å². The van der Waals surface area contributed by atoms with Crippen LogP contribution in [0.4, 0.5) is 4.39 Å². The third-order valence-electron chi connectivity index (χ3n) is 3.34. The molecule has 0 bridgehead atoms. The van der Waals surface area contributed by atoms with Crippen molar-refractivity contribution >= 4 is 25.8 Å². The molecule has 0 heterocycles. The number of alkyl halides is 1. The van der Waals surface area contributed by atoms with E-state index in [2.05, 4.69) is 15.9 Å². The van der Waals surface area contributed by atoms with Crippen LogP contribution in [0.5, 0.6) is 11.5 Å². The van der Waals surface area contributed by atoms with Crippen molar-refractivity contribution in [3.63, 3.8) is 0 Å². The molecule has 0 saturated carbocycles. The van der Waals surface area contributed by atoms with Gasteiger partial charge in [0.1, 0.15) is 5.82 Å². The summed E-state index contributed by atoms with van der Waals surface area (Å²) in [6.45, 7) is 3.08. The van der Waals surface area contributed by atoms with Gasteiger partial charge >= 0.3 is 0 Å². The third-order valence-corrected chi connectivity index (χ3v) is 7.43. The summed E-state index contributed by atoms with van der Waals surface area (Å²) in [5.41, 5.74) is 0.207. The highest BCUT2D eigenvalue weighted by Crippen LogP contribution is 2.43. The zero-order valence-corrected chi connectivity index (χ0v) is 14.4. The second kappa shape index (κ2) is 5.89. The number of methoxy groups -OCH3 is 2. The van der Waals surface area contributed by atoms with Crippen molar-refractivity contribution in [2.75, 3.05) is 20.5 Å². The summed E-state index contributed by atoms with van der Waals surface area (Å²) in [6, 6.07) is 2.63. The van der Waals surface area contributed by atoms with Crippen LogP contribution in [0.15, 0.2) is 12.1 Å². The molecule has 0 saturated heterocycles. The van der Waals surface area contributed by atoms with Gasteiger partial charge in [-0.1, -0.05) is 15.9 Å². The summed E-state index contributed by atoms with van der Waals surface area (Å²) in [7, 11) is -0.547. The Bertz CT molecular complexity index is 599. The zero-order valence-electron chi connectivity index (χ0n) is 12.0. The van der Waals surface area contributed by atoms with Crippen molar-refractivity contribution in [1.82, 2.24) is 0 Å². The number of benzene rings is 1. The average Bonchev–Trinajstić information content (AvgIpc) is 2.36. The van der Waals surface area contributed by atoms with Crippen LogP contribution >= 0.6 is 15.9 Å². The van der Waals surface area contributed by atoms with Crippen LogP contribution in [-0.4, -0.2) is 33.6 Å². The Morgan fingerprint density at radius 3 is 2.05 bits per heavy atom. The second-order valence-electron chi connectivity index (χ2n) is 4.97. The molecule has 0 amide bonds. The highest BCUT2D eigenvalue weighted by Gasteiger charge is 2.40. The average molecular weight is 369 g/mol. The van der Waals surface area contributed by atoms with Gasteiger partial charge in [0.2, 0.25) is 0 Å². The fraction of sp³-hybridized carbons (Fsp3) is 0.538. The predicted octanol–water partition coefficient (Wildman–Crippen LogP) is 3.10. The fourth-order valence-corrected chi connectivity index (χ4v) is 3.50. The van der Waals surface area contributed by atoms with Crippen molar-refractivity contribution < 1.29 is 22.3 Å². The molecule has 0 spiro atoms. The van der Waals surface area contributed by atoms with Gasteiger partial charge in [0, 0.05) is 17.9 Å². The first kappa shape index (κ1) is 17.2. The topological polar surface area (TPSA) is 52.6 Å². The number of hydrogen-bond acceptors (Lipinski definition) is 4. The van der Waals surface area contributed by atoms with Gasteiger partial charge in [-0.2, -0.15) is 0 Å². The Kier molecular flexibility index (Phi) is 5.08. The Balaban J connectivity index is 3.41. The third kappa shape index (κ3) is 3.09. The first-order valence-corrected chi connectivity index (χ1v) is 8.62. The molecule has 0 fully saturated rings. The van der Waals surface area contributed by atoms with Crippen LogP contribution in [0.3, 0.4) is 0 Å². The van der Waals surface area contributed by atoms with E-state index < -0.39 is 25.2 Å². The van der Waals surface area contributed by atoms with Crippen LogP contribution < -0.4 is 9.47 Å². The fourth-order valence-electron chi connectivity index (χ4n) is 1.63. The number of sulfone groups is 1. The summed E-state index contributed by atoms with van der Waals surface area (Å²) in [5.74, 6) is 0.0458. The largest absolute Gasteiger partial charge is 0.493 e. The Labute approximate surface area is 127 Å². The van der Waals surface area contributed by atoms with Crippen molar-refractivity contribution in [1.29, 1.82) is 0 Å². The number of ether oxygens (including phenoxy) is 2. The van der Waals surface area contributed by atoms with E-state index in [9.17, 15) is 12.8 Å². The summed E-state index contributed by atoms with van der Waals surface area (Å²) in [5, 5.41) is 0. The molecule has 0 aliphatic carbocycles. The van der Waals surface area contributed by atoms with E-state index in [0.717, 1.165) is 6.26 Å². The van der Waals surface area contributed by atoms with E-state index in [1.165, 1.54) is 40.2 Å². The highest BCUT2D eigenvalue weighted by molar-refractivity contribution is 9.09.